The van der Waals surface area contributed by atoms with E-state index in [-0.39, 0.29) is 11.1 Å². The minimum atomic E-state index is -0.524. The van der Waals surface area contributed by atoms with Crippen molar-refractivity contribution in [3.63, 3.8) is 0 Å². The number of aldehydes is 1. The fourth-order valence-electron chi connectivity index (χ4n) is 2.83. The number of rotatable bonds is 1. The molecule has 0 spiro atoms. The van der Waals surface area contributed by atoms with Crippen molar-refractivity contribution in [1.82, 2.24) is 14.7 Å². The number of nitrogens with zero attached hydrogens (tertiary/aromatic N) is 3. The van der Waals surface area contributed by atoms with E-state index in [1.807, 2.05) is 13.8 Å². The van der Waals surface area contributed by atoms with Crippen molar-refractivity contribution in [2.75, 3.05) is 17.6 Å². The summed E-state index contributed by atoms with van der Waals surface area (Å²) in [4.78, 5) is 22.6. The maximum atomic E-state index is 13.1. The molecule has 0 saturated heterocycles. The minimum Gasteiger partial charge on any atom is -0.396 e. The zero-order valence-electron chi connectivity index (χ0n) is 18.7. The van der Waals surface area contributed by atoms with Gasteiger partial charge in [-0.25, -0.2) is 9.18 Å². The third-order valence-electron chi connectivity index (χ3n) is 4.76. The predicted molar refractivity (Wildman–Crippen MR) is 124 cm³/mol. The number of aromatic nitrogens is 2. The van der Waals surface area contributed by atoms with Crippen molar-refractivity contribution in [2.45, 2.75) is 60.0 Å². The van der Waals surface area contributed by atoms with Crippen molar-refractivity contribution in [3.8, 4) is 0 Å². The Hall–Kier alpha value is -2.61. The number of benzene rings is 1. The Morgan fingerprint density at radius 3 is 2.45 bits per heavy atom. The summed E-state index contributed by atoms with van der Waals surface area (Å²) in [7, 11) is 0. The van der Waals surface area contributed by atoms with Crippen LogP contribution in [0.2, 0.25) is 5.02 Å². The summed E-state index contributed by atoms with van der Waals surface area (Å²) in [5.74, 6) is 0.541. The molecule has 0 unspecified atom stereocenters. The van der Waals surface area contributed by atoms with Crippen LogP contribution in [0.1, 0.15) is 52.7 Å². The van der Waals surface area contributed by atoms with Crippen LogP contribution in [0.25, 0.3) is 0 Å². The predicted octanol–water partition coefficient (Wildman–Crippen LogP) is 5.34. The second-order valence-corrected chi connectivity index (χ2v) is 7.43. The van der Waals surface area contributed by atoms with Gasteiger partial charge in [-0.1, -0.05) is 51.6 Å². The third kappa shape index (κ3) is 8.20. The van der Waals surface area contributed by atoms with Gasteiger partial charge in [-0.05, 0) is 31.0 Å². The summed E-state index contributed by atoms with van der Waals surface area (Å²) in [5.41, 5.74) is 7.64. The average molecular weight is 454 g/mol. The van der Waals surface area contributed by atoms with Gasteiger partial charge in [-0.3, -0.25) is 4.68 Å². The minimum absolute atomic E-state index is 0.0336. The number of nitrogens with one attached hydrogen (secondary N) is 1. The number of nitrogens with two attached hydrogens (primary N) is 1. The summed E-state index contributed by atoms with van der Waals surface area (Å²) in [6.07, 6.45) is 6.79. The lowest BCUT2D eigenvalue weighted by Gasteiger charge is -2.28. The number of anilines is 2. The van der Waals surface area contributed by atoms with Gasteiger partial charge in [0.2, 0.25) is 0 Å². The Morgan fingerprint density at radius 1 is 1.32 bits per heavy atom. The van der Waals surface area contributed by atoms with Crippen LogP contribution < -0.4 is 11.1 Å². The number of fused-ring (bicyclic) bond motifs is 1. The number of hydrogen-bond donors (Lipinski definition) is 2. The van der Waals surface area contributed by atoms with Crippen molar-refractivity contribution >= 4 is 35.3 Å². The SMILES string of the molecule is CC.CC1CCC1.CC=O.Nc1cnn2c1CN(C(=O)Nc1ccc(F)c(Cl)c1)CC2. The first kappa shape index (κ1) is 26.4. The molecule has 0 bridgehead atoms. The van der Waals surface area contributed by atoms with Crippen LogP contribution in [0.15, 0.2) is 24.4 Å². The third-order valence-corrected chi connectivity index (χ3v) is 5.04. The maximum Gasteiger partial charge on any atom is 0.322 e. The molecular formula is C22H33ClFN5O2. The largest absolute Gasteiger partial charge is 0.396 e. The van der Waals surface area contributed by atoms with Gasteiger partial charge in [0.05, 0.1) is 35.7 Å². The van der Waals surface area contributed by atoms with E-state index in [9.17, 15) is 9.18 Å². The number of carbonyl (C=O) groups is 2. The Balaban J connectivity index is 0.000000403. The summed E-state index contributed by atoms with van der Waals surface area (Å²) < 4.78 is 14.9. The molecule has 2 aliphatic rings. The first-order valence-electron chi connectivity index (χ1n) is 10.6. The molecule has 1 aliphatic carbocycles. The summed E-state index contributed by atoms with van der Waals surface area (Å²) in [5, 5.41) is 6.78. The number of amides is 2. The summed E-state index contributed by atoms with van der Waals surface area (Å²) in [6, 6.07) is 3.75. The fraction of sp³-hybridized carbons (Fsp3) is 0.500. The monoisotopic (exact) mass is 453 g/mol. The molecule has 4 rings (SSSR count). The van der Waals surface area contributed by atoms with Crippen LogP contribution in [0.3, 0.4) is 0 Å². The molecule has 1 fully saturated rings. The van der Waals surface area contributed by atoms with Crippen molar-refractivity contribution in [1.29, 1.82) is 0 Å². The highest BCUT2D eigenvalue weighted by atomic mass is 35.5. The van der Waals surface area contributed by atoms with Crippen LogP contribution in [0, 0.1) is 11.7 Å². The van der Waals surface area contributed by atoms with Crippen molar-refractivity contribution < 1.29 is 14.0 Å². The van der Waals surface area contributed by atoms with Gasteiger partial charge in [-0.15, -0.1) is 0 Å². The standard InChI is InChI=1S/C13H13ClFN5O.C5H10.C2H4O.C2H6/c14-9-5-8(1-2-10(9)15)18-13(21)19-3-4-20-12(7-19)11(16)6-17-20;1-5-3-2-4-5;1-2-3;1-2/h1-2,5-6H,3-4,7,16H2,(H,18,21);5H,2-4H2,1H3;2H,1H3;1-2H3. The van der Waals surface area contributed by atoms with E-state index in [0.717, 1.165) is 17.9 Å². The lowest BCUT2D eigenvalue weighted by molar-refractivity contribution is -0.106. The van der Waals surface area contributed by atoms with Gasteiger partial charge in [-0.2, -0.15) is 5.10 Å². The zero-order valence-corrected chi connectivity index (χ0v) is 19.5. The van der Waals surface area contributed by atoms with Gasteiger partial charge in [0.15, 0.2) is 0 Å². The first-order valence-corrected chi connectivity index (χ1v) is 10.9. The molecule has 7 nitrogen and oxygen atoms in total. The second-order valence-electron chi connectivity index (χ2n) is 7.02. The highest BCUT2D eigenvalue weighted by Crippen LogP contribution is 2.24. The van der Waals surface area contributed by atoms with E-state index in [1.165, 1.54) is 44.4 Å². The summed E-state index contributed by atoms with van der Waals surface area (Å²) in [6.45, 7) is 9.25. The quantitative estimate of drug-likeness (QED) is 0.569. The van der Waals surface area contributed by atoms with E-state index < -0.39 is 5.82 Å². The van der Waals surface area contributed by atoms with Crippen LogP contribution in [0.4, 0.5) is 20.6 Å². The van der Waals surface area contributed by atoms with Gasteiger partial charge in [0.1, 0.15) is 12.1 Å². The molecular weight excluding hydrogens is 421 g/mol. The van der Waals surface area contributed by atoms with Gasteiger partial charge < -0.3 is 20.7 Å². The zero-order chi connectivity index (χ0) is 23.4. The molecule has 1 aliphatic heterocycles. The van der Waals surface area contributed by atoms with Crippen LogP contribution >= 0.6 is 11.6 Å². The number of urea groups is 1. The highest BCUT2D eigenvalue weighted by molar-refractivity contribution is 6.31. The van der Waals surface area contributed by atoms with Gasteiger partial charge >= 0.3 is 6.03 Å². The number of hydrogen-bond acceptors (Lipinski definition) is 4. The summed E-state index contributed by atoms with van der Waals surface area (Å²) >= 11 is 5.69. The number of halogens is 2. The van der Waals surface area contributed by atoms with Gasteiger partial charge in [0.25, 0.3) is 0 Å². The molecule has 1 saturated carbocycles. The molecule has 2 amide bonds. The average Bonchev–Trinajstić information content (AvgIpc) is 3.12. The molecule has 31 heavy (non-hydrogen) atoms. The smallest absolute Gasteiger partial charge is 0.322 e. The van der Waals surface area contributed by atoms with Crippen LogP contribution in [0.5, 0.6) is 0 Å². The Labute approximate surface area is 188 Å². The van der Waals surface area contributed by atoms with E-state index in [4.69, 9.17) is 22.1 Å². The Kier molecular flexibility index (Phi) is 11.6. The maximum absolute atomic E-state index is 13.1. The van der Waals surface area contributed by atoms with E-state index in [1.54, 1.807) is 15.8 Å². The molecule has 2 heterocycles. The molecule has 0 radical (unpaired) electrons. The number of nitrogen functional groups attached to an aromatic ring is 1. The molecule has 1 aromatic heterocycles. The lowest BCUT2D eigenvalue weighted by Crippen LogP contribution is -2.41. The fourth-order valence-corrected chi connectivity index (χ4v) is 3.01. The topological polar surface area (TPSA) is 93.2 Å². The van der Waals surface area contributed by atoms with Gasteiger partial charge in [0, 0.05) is 12.2 Å². The first-order chi connectivity index (χ1) is 14.8. The molecule has 0 atom stereocenters. The molecule has 3 N–H and O–H groups in total. The normalized spacial score (nSPS) is 14.2. The molecule has 1 aromatic carbocycles. The van der Waals surface area contributed by atoms with E-state index >= 15 is 0 Å². The van der Waals surface area contributed by atoms with Crippen molar-refractivity contribution in [2.24, 2.45) is 5.92 Å². The van der Waals surface area contributed by atoms with Crippen molar-refractivity contribution in [3.05, 3.63) is 40.9 Å². The Morgan fingerprint density at radius 2 is 1.94 bits per heavy atom. The van der Waals surface area contributed by atoms with Crippen LogP contribution in [-0.4, -0.2) is 33.5 Å². The molecule has 172 valence electrons. The van der Waals surface area contributed by atoms with Crippen LogP contribution in [-0.2, 0) is 17.9 Å². The van der Waals surface area contributed by atoms with E-state index in [0.29, 0.717) is 31.0 Å². The highest BCUT2D eigenvalue weighted by Gasteiger charge is 2.23. The van der Waals surface area contributed by atoms with E-state index in [2.05, 4.69) is 17.3 Å². The molecule has 2 aromatic rings. The number of carbonyl (C=O) groups excluding carboxylic acids is 2. The second kappa shape index (κ2) is 13.6. The lowest BCUT2D eigenvalue weighted by atomic mass is 9.88. The Bertz CT molecular complexity index is 839. The molecule has 9 heteroatoms.